The predicted octanol–water partition coefficient (Wildman–Crippen LogP) is 3.67. The van der Waals surface area contributed by atoms with Crippen molar-refractivity contribution in [2.24, 2.45) is 5.92 Å². The predicted molar refractivity (Wildman–Crippen MR) is 70.2 cm³/mol. The average molecular weight is 291 g/mol. The van der Waals surface area contributed by atoms with Gasteiger partial charge in [0.15, 0.2) is 5.69 Å². The summed E-state index contributed by atoms with van der Waals surface area (Å²) in [5.74, 6) is -0.253. The fourth-order valence-corrected chi connectivity index (χ4v) is 1.76. The molecule has 0 bridgehead atoms. The third-order valence-electron chi connectivity index (χ3n) is 3.02. The molecule has 1 aromatic heterocycles. The summed E-state index contributed by atoms with van der Waals surface area (Å²) in [5, 5.41) is 0. The highest BCUT2D eigenvalue weighted by molar-refractivity contribution is 5.27. The van der Waals surface area contributed by atoms with Gasteiger partial charge in [-0.25, -0.2) is 4.98 Å². The van der Waals surface area contributed by atoms with E-state index < -0.39 is 17.8 Å². The number of nitrogens with two attached hydrogens (primary N) is 1. The maximum atomic E-state index is 12.6. The number of aromatic nitrogens is 2. The summed E-state index contributed by atoms with van der Waals surface area (Å²) in [5.41, 5.74) is 4.19. The normalized spacial score (nSPS) is 13.2. The van der Waals surface area contributed by atoms with E-state index >= 15 is 0 Å². The van der Waals surface area contributed by atoms with E-state index in [0.717, 1.165) is 31.7 Å². The Kier molecular flexibility index (Phi) is 6.04. The topological polar surface area (TPSA) is 61.0 Å². The molecule has 114 valence electrons. The Bertz CT molecular complexity index is 424. The van der Waals surface area contributed by atoms with Crippen LogP contribution < -0.4 is 10.5 Å². The van der Waals surface area contributed by atoms with Crippen LogP contribution >= 0.6 is 0 Å². The van der Waals surface area contributed by atoms with Crippen LogP contribution in [-0.2, 0) is 6.18 Å². The molecule has 0 fully saturated rings. The van der Waals surface area contributed by atoms with Gasteiger partial charge >= 0.3 is 6.18 Å². The quantitative estimate of drug-likeness (QED) is 0.832. The maximum Gasteiger partial charge on any atom is 0.433 e. The van der Waals surface area contributed by atoms with Gasteiger partial charge in [-0.15, -0.1) is 0 Å². The number of hydrogen-bond acceptors (Lipinski definition) is 4. The van der Waals surface area contributed by atoms with E-state index in [9.17, 15) is 13.2 Å². The molecular weight excluding hydrogens is 271 g/mol. The van der Waals surface area contributed by atoms with Crippen LogP contribution in [0.3, 0.4) is 0 Å². The van der Waals surface area contributed by atoms with Crippen molar-refractivity contribution < 1.29 is 17.9 Å². The van der Waals surface area contributed by atoms with E-state index in [0.29, 0.717) is 12.5 Å². The Labute approximate surface area is 116 Å². The van der Waals surface area contributed by atoms with Gasteiger partial charge in [0.1, 0.15) is 0 Å². The fourth-order valence-electron chi connectivity index (χ4n) is 1.76. The number of halogens is 3. The first kappa shape index (κ1) is 16.5. The van der Waals surface area contributed by atoms with Gasteiger partial charge in [0.05, 0.1) is 6.61 Å². The minimum Gasteiger partial charge on any atom is -0.477 e. The molecule has 0 aliphatic heterocycles. The van der Waals surface area contributed by atoms with Crippen LogP contribution in [0.15, 0.2) is 6.07 Å². The monoisotopic (exact) mass is 291 g/mol. The smallest absolute Gasteiger partial charge is 0.433 e. The van der Waals surface area contributed by atoms with Gasteiger partial charge in [0.25, 0.3) is 0 Å². The Morgan fingerprint density at radius 1 is 1.30 bits per heavy atom. The van der Waals surface area contributed by atoms with Gasteiger partial charge in [0.2, 0.25) is 11.8 Å². The molecule has 0 radical (unpaired) electrons. The third-order valence-corrected chi connectivity index (χ3v) is 3.02. The minimum absolute atomic E-state index is 0.125. The van der Waals surface area contributed by atoms with Crippen LogP contribution in [0.5, 0.6) is 5.88 Å². The lowest BCUT2D eigenvalue weighted by atomic mass is 10.0. The molecule has 1 atom stereocenters. The molecule has 20 heavy (non-hydrogen) atoms. The number of unbranched alkanes of at least 4 members (excludes halogenated alkanes) is 1. The molecule has 7 heteroatoms. The summed E-state index contributed by atoms with van der Waals surface area (Å²) in [4.78, 5) is 6.84. The summed E-state index contributed by atoms with van der Waals surface area (Å²) in [6.07, 6.45) is -0.509. The van der Waals surface area contributed by atoms with Crippen LogP contribution in [0.25, 0.3) is 0 Å². The lowest BCUT2D eigenvalue weighted by Gasteiger charge is -2.15. The first-order chi connectivity index (χ1) is 9.36. The molecule has 4 nitrogen and oxygen atoms in total. The van der Waals surface area contributed by atoms with Gasteiger partial charge in [-0.05, 0) is 12.3 Å². The molecule has 2 N–H and O–H groups in total. The molecular formula is C13H20F3N3O. The summed E-state index contributed by atoms with van der Waals surface area (Å²) >= 11 is 0. The molecule has 1 unspecified atom stereocenters. The molecule has 1 aromatic rings. The SMILES string of the molecule is CCCCC(CC)COc1cc(C(F)(F)F)nc(N)n1. The zero-order chi connectivity index (χ0) is 15.2. The van der Waals surface area contributed by atoms with E-state index in [1.165, 1.54) is 0 Å². The van der Waals surface area contributed by atoms with Crippen molar-refractivity contribution in [2.75, 3.05) is 12.3 Å². The molecule has 0 aromatic carbocycles. The largest absolute Gasteiger partial charge is 0.477 e. The second kappa shape index (κ2) is 7.31. The molecule has 0 spiro atoms. The van der Waals surface area contributed by atoms with Crippen molar-refractivity contribution in [2.45, 2.75) is 45.7 Å². The first-order valence-electron chi connectivity index (χ1n) is 6.71. The van der Waals surface area contributed by atoms with Gasteiger partial charge in [-0.2, -0.15) is 18.2 Å². The summed E-state index contributed by atoms with van der Waals surface area (Å²) in [6.45, 7) is 4.46. The average Bonchev–Trinajstić information content (AvgIpc) is 2.37. The van der Waals surface area contributed by atoms with Crippen LogP contribution in [0, 0.1) is 5.92 Å². The van der Waals surface area contributed by atoms with Crippen molar-refractivity contribution in [1.29, 1.82) is 0 Å². The molecule has 0 saturated carbocycles. The van der Waals surface area contributed by atoms with Crippen molar-refractivity contribution in [3.8, 4) is 5.88 Å². The number of rotatable bonds is 7. The molecule has 0 amide bonds. The molecule has 1 heterocycles. The Morgan fingerprint density at radius 3 is 2.55 bits per heavy atom. The van der Waals surface area contributed by atoms with Crippen molar-refractivity contribution in [1.82, 2.24) is 9.97 Å². The Balaban J connectivity index is 2.70. The summed E-state index contributed by atoms with van der Waals surface area (Å²) < 4.78 is 43.1. The zero-order valence-electron chi connectivity index (χ0n) is 11.7. The van der Waals surface area contributed by atoms with Crippen LogP contribution in [0.4, 0.5) is 19.1 Å². The highest BCUT2D eigenvalue weighted by Gasteiger charge is 2.33. The zero-order valence-corrected chi connectivity index (χ0v) is 11.7. The van der Waals surface area contributed by atoms with E-state index in [1.54, 1.807) is 0 Å². The molecule has 0 aliphatic carbocycles. The first-order valence-corrected chi connectivity index (χ1v) is 6.71. The van der Waals surface area contributed by atoms with Crippen molar-refractivity contribution in [3.63, 3.8) is 0 Å². The Morgan fingerprint density at radius 2 is 2.00 bits per heavy atom. The highest BCUT2D eigenvalue weighted by atomic mass is 19.4. The second-order valence-electron chi connectivity index (χ2n) is 4.67. The lowest BCUT2D eigenvalue weighted by Crippen LogP contribution is -2.15. The van der Waals surface area contributed by atoms with E-state index in [2.05, 4.69) is 16.9 Å². The maximum absolute atomic E-state index is 12.6. The number of nitrogen functional groups attached to an aromatic ring is 1. The van der Waals surface area contributed by atoms with Gasteiger partial charge in [-0.1, -0.05) is 33.1 Å². The number of alkyl halides is 3. The molecule has 1 rings (SSSR count). The summed E-state index contributed by atoms with van der Waals surface area (Å²) in [7, 11) is 0. The van der Waals surface area contributed by atoms with Gasteiger partial charge in [0, 0.05) is 6.07 Å². The lowest BCUT2D eigenvalue weighted by molar-refractivity contribution is -0.141. The minimum atomic E-state index is -4.55. The van der Waals surface area contributed by atoms with E-state index in [1.807, 2.05) is 6.92 Å². The second-order valence-corrected chi connectivity index (χ2v) is 4.67. The van der Waals surface area contributed by atoms with Gasteiger partial charge < -0.3 is 10.5 Å². The van der Waals surface area contributed by atoms with Crippen molar-refractivity contribution in [3.05, 3.63) is 11.8 Å². The standard InChI is InChI=1S/C13H20F3N3O/c1-3-5-6-9(4-2)8-20-11-7-10(13(14,15)16)18-12(17)19-11/h7,9H,3-6,8H2,1-2H3,(H2,17,18,19). The molecule has 0 aliphatic rings. The Hall–Kier alpha value is -1.53. The van der Waals surface area contributed by atoms with Crippen LogP contribution in [0.2, 0.25) is 0 Å². The number of ether oxygens (including phenoxy) is 1. The summed E-state index contributed by atoms with van der Waals surface area (Å²) in [6, 6.07) is 0.781. The van der Waals surface area contributed by atoms with Gasteiger partial charge in [-0.3, -0.25) is 0 Å². The number of nitrogens with zero attached hydrogens (tertiary/aromatic N) is 2. The van der Waals surface area contributed by atoms with Crippen molar-refractivity contribution >= 4 is 5.95 Å². The van der Waals surface area contributed by atoms with E-state index in [4.69, 9.17) is 10.5 Å². The highest BCUT2D eigenvalue weighted by Crippen LogP contribution is 2.30. The molecule has 0 saturated heterocycles. The van der Waals surface area contributed by atoms with Crippen LogP contribution in [-0.4, -0.2) is 16.6 Å². The number of hydrogen-bond donors (Lipinski definition) is 1. The van der Waals surface area contributed by atoms with Crippen LogP contribution in [0.1, 0.15) is 45.2 Å². The number of anilines is 1. The van der Waals surface area contributed by atoms with E-state index in [-0.39, 0.29) is 5.88 Å². The fraction of sp³-hybridized carbons (Fsp3) is 0.692. The third kappa shape index (κ3) is 5.22.